The van der Waals surface area contributed by atoms with Crippen LogP contribution < -0.4 is 5.32 Å². The van der Waals surface area contributed by atoms with Gasteiger partial charge in [0.05, 0.1) is 12.4 Å². The van der Waals surface area contributed by atoms with Crippen LogP contribution in [-0.2, 0) is 13.1 Å². The van der Waals surface area contributed by atoms with Gasteiger partial charge in [-0.2, -0.15) is 0 Å². The Morgan fingerprint density at radius 1 is 1.15 bits per heavy atom. The van der Waals surface area contributed by atoms with E-state index in [1.807, 2.05) is 17.2 Å². The van der Waals surface area contributed by atoms with E-state index in [9.17, 15) is 0 Å². The van der Waals surface area contributed by atoms with E-state index in [0.717, 1.165) is 36.4 Å². The fourth-order valence-corrected chi connectivity index (χ4v) is 3.07. The molecule has 1 aliphatic rings. The Balaban J connectivity index is 1.34. The first-order valence-corrected chi connectivity index (χ1v) is 8.70. The van der Waals surface area contributed by atoms with Gasteiger partial charge in [0.25, 0.3) is 0 Å². The molecule has 0 unspecified atom stereocenters. The van der Waals surface area contributed by atoms with Crippen LogP contribution >= 0.6 is 0 Å². The Bertz CT molecular complexity index is 1030. The second-order valence-corrected chi connectivity index (χ2v) is 6.57. The number of nitrogens with zero attached hydrogens (tertiary/aromatic N) is 7. The van der Waals surface area contributed by atoms with Crippen LogP contribution in [0.1, 0.15) is 30.0 Å². The van der Waals surface area contributed by atoms with Gasteiger partial charge in [-0.3, -0.25) is 0 Å². The van der Waals surface area contributed by atoms with Crippen LogP contribution in [0.25, 0.3) is 11.2 Å². The van der Waals surface area contributed by atoms with Gasteiger partial charge in [-0.1, -0.05) is 29.5 Å². The predicted molar refractivity (Wildman–Crippen MR) is 96.5 cm³/mol. The Morgan fingerprint density at radius 3 is 2.92 bits per heavy atom. The highest BCUT2D eigenvalue weighted by atomic mass is 15.5. The smallest absolute Gasteiger partial charge is 0.184 e. The number of hydrogen-bond acceptors (Lipinski definition) is 6. The van der Waals surface area contributed by atoms with Gasteiger partial charge in [0, 0.05) is 25.5 Å². The molecule has 1 N–H and O–H groups in total. The summed E-state index contributed by atoms with van der Waals surface area (Å²) >= 11 is 0. The molecule has 1 aromatic carbocycles. The van der Waals surface area contributed by atoms with Crippen molar-refractivity contribution in [1.29, 1.82) is 0 Å². The molecule has 1 saturated carbocycles. The third kappa shape index (κ3) is 2.90. The van der Waals surface area contributed by atoms with Crippen molar-refractivity contribution in [2.24, 2.45) is 0 Å². The third-order valence-electron chi connectivity index (χ3n) is 4.53. The third-order valence-corrected chi connectivity index (χ3v) is 4.53. The largest absolute Gasteiger partial charge is 0.364 e. The number of hydrogen-bond donors (Lipinski definition) is 1. The summed E-state index contributed by atoms with van der Waals surface area (Å²) in [6.07, 6.45) is 9.45. The van der Waals surface area contributed by atoms with Crippen LogP contribution in [0.4, 0.5) is 5.82 Å². The van der Waals surface area contributed by atoms with Crippen LogP contribution in [-0.4, -0.2) is 34.5 Å². The Kier molecular flexibility index (Phi) is 3.59. The normalized spacial score (nSPS) is 14.0. The van der Waals surface area contributed by atoms with E-state index in [1.165, 1.54) is 11.1 Å². The SMILES string of the molecule is c1cc(CNc2ncnc3c2nnn3C2CC2)cc(Cn2ccnc2)c1. The van der Waals surface area contributed by atoms with Crippen molar-refractivity contribution in [1.82, 2.24) is 34.5 Å². The molecule has 0 radical (unpaired) electrons. The molecule has 0 amide bonds. The summed E-state index contributed by atoms with van der Waals surface area (Å²) in [6.45, 7) is 1.47. The van der Waals surface area contributed by atoms with Crippen molar-refractivity contribution in [3.8, 4) is 0 Å². The van der Waals surface area contributed by atoms with Crippen LogP contribution in [0, 0.1) is 0 Å². The van der Waals surface area contributed by atoms with Gasteiger partial charge in [0.1, 0.15) is 6.33 Å². The first-order valence-electron chi connectivity index (χ1n) is 8.70. The van der Waals surface area contributed by atoms with Crippen LogP contribution in [0.3, 0.4) is 0 Å². The molecule has 0 spiro atoms. The second kappa shape index (κ2) is 6.21. The lowest BCUT2D eigenvalue weighted by atomic mass is 10.1. The predicted octanol–water partition coefficient (Wildman–Crippen LogP) is 2.41. The van der Waals surface area contributed by atoms with Gasteiger partial charge >= 0.3 is 0 Å². The van der Waals surface area contributed by atoms with Gasteiger partial charge in [-0.25, -0.2) is 19.6 Å². The maximum Gasteiger partial charge on any atom is 0.184 e. The number of fused-ring (bicyclic) bond motifs is 1. The minimum Gasteiger partial charge on any atom is -0.364 e. The Morgan fingerprint density at radius 2 is 2.08 bits per heavy atom. The number of anilines is 1. The van der Waals surface area contributed by atoms with Crippen LogP contribution in [0.2, 0.25) is 0 Å². The number of rotatable bonds is 6. The highest BCUT2D eigenvalue weighted by Crippen LogP contribution is 2.36. The molecule has 8 heteroatoms. The molecule has 130 valence electrons. The second-order valence-electron chi connectivity index (χ2n) is 6.57. The molecular formula is C18H18N8. The molecule has 1 fully saturated rings. The number of nitrogens with one attached hydrogen (secondary N) is 1. The summed E-state index contributed by atoms with van der Waals surface area (Å²) in [5.74, 6) is 0.724. The standard InChI is InChI=1S/C18H18N8/c1-2-13(8-14(3-1)10-25-7-6-19-12-25)9-20-17-16-18(22-11-21-17)26(24-23-16)15-4-5-15/h1-3,6-8,11-12,15H,4-5,9-10H2,(H,20,21,22). The van der Waals surface area contributed by atoms with Gasteiger partial charge in [-0.15, -0.1) is 5.10 Å². The monoisotopic (exact) mass is 346 g/mol. The van der Waals surface area contributed by atoms with E-state index in [0.29, 0.717) is 12.6 Å². The van der Waals surface area contributed by atoms with Crippen molar-refractivity contribution in [3.05, 3.63) is 60.4 Å². The topological polar surface area (TPSA) is 86.3 Å². The van der Waals surface area contributed by atoms with E-state index in [2.05, 4.69) is 59.4 Å². The molecule has 0 saturated heterocycles. The van der Waals surface area contributed by atoms with Crippen molar-refractivity contribution >= 4 is 17.0 Å². The molecule has 0 atom stereocenters. The minimum absolute atomic E-state index is 0.447. The van der Waals surface area contributed by atoms with Crippen LogP contribution in [0.5, 0.6) is 0 Å². The van der Waals surface area contributed by atoms with E-state index in [4.69, 9.17) is 0 Å². The molecule has 1 aliphatic carbocycles. The van der Waals surface area contributed by atoms with E-state index in [-0.39, 0.29) is 0 Å². The van der Waals surface area contributed by atoms with E-state index < -0.39 is 0 Å². The molecule has 3 heterocycles. The lowest BCUT2D eigenvalue weighted by Crippen LogP contribution is -2.04. The lowest BCUT2D eigenvalue weighted by molar-refractivity contribution is 0.624. The minimum atomic E-state index is 0.447. The number of aromatic nitrogens is 7. The Labute approximate surface area is 149 Å². The fraction of sp³-hybridized carbons (Fsp3) is 0.278. The molecule has 0 aliphatic heterocycles. The van der Waals surface area contributed by atoms with Crippen molar-refractivity contribution in [3.63, 3.8) is 0 Å². The maximum absolute atomic E-state index is 4.35. The van der Waals surface area contributed by atoms with Crippen molar-refractivity contribution in [2.45, 2.75) is 32.0 Å². The summed E-state index contributed by atoms with van der Waals surface area (Å²) in [5.41, 5.74) is 3.95. The zero-order valence-electron chi connectivity index (χ0n) is 14.2. The molecule has 5 rings (SSSR count). The van der Waals surface area contributed by atoms with Gasteiger partial charge in [0.2, 0.25) is 0 Å². The molecular weight excluding hydrogens is 328 g/mol. The van der Waals surface area contributed by atoms with Gasteiger partial charge < -0.3 is 9.88 Å². The molecule has 8 nitrogen and oxygen atoms in total. The average molecular weight is 346 g/mol. The fourth-order valence-electron chi connectivity index (χ4n) is 3.07. The van der Waals surface area contributed by atoms with E-state index >= 15 is 0 Å². The van der Waals surface area contributed by atoms with E-state index in [1.54, 1.807) is 12.5 Å². The summed E-state index contributed by atoms with van der Waals surface area (Å²) in [5, 5.41) is 11.9. The highest BCUT2D eigenvalue weighted by molar-refractivity contribution is 5.81. The number of benzene rings is 1. The number of imidazole rings is 1. The average Bonchev–Trinajstić information content (AvgIpc) is 3.20. The first-order chi connectivity index (χ1) is 12.9. The zero-order valence-corrected chi connectivity index (χ0v) is 14.2. The van der Waals surface area contributed by atoms with Gasteiger partial charge in [-0.05, 0) is 24.0 Å². The molecule has 4 aromatic rings. The Hall–Kier alpha value is -3.29. The maximum atomic E-state index is 4.35. The van der Waals surface area contributed by atoms with Gasteiger partial charge in [0.15, 0.2) is 17.0 Å². The summed E-state index contributed by atoms with van der Waals surface area (Å²) in [7, 11) is 0. The van der Waals surface area contributed by atoms with Crippen LogP contribution in [0.15, 0.2) is 49.3 Å². The zero-order chi connectivity index (χ0) is 17.3. The quantitative estimate of drug-likeness (QED) is 0.577. The van der Waals surface area contributed by atoms with Crippen molar-refractivity contribution < 1.29 is 0 Å². The molecule has 26 heavy (non-hydrogen) atoms. The van der Waals surface area contributed by atoms with Crippen molar-refractivity contribution in [2.75, 3.05) is 5.32 Å². The lowest BCUT2D eigenvalue weighted by Gasteiger charge is -2.08. The molecule has 3 aromatic heterocycles. The summed E-state index contributed by atoms with van der Waals surface area (Å²) in [4.78, 5) is 12.8. The first kappa shape index (κ1) is 15.0. The summed E-state index contributed by atoms with van der Waals surface area (Å²) in [6, 6.07) is 8.93. The highest BCUT2D eigenvalue weighted by Gasteiger charge is 2.27. The summed E-state index contributed by atoms with van der Waals surface area (Å²) < 4.78 is 3.96. The molecule has 0 bridgehead atoms.